The molecule has 3 atom stereocenters. The highest BCUT2D eigenvalue weighted by Gasteiger charge is 2.55. The third-order valence-corrected chi connectivity index (χ3v) is 8.13. The lowest BCUT2D eigenvalue weighted by molar-refractivity contribution is -0.711. The molecule has 1 aromatic rings. The van der Waals surface area contributed by atoms with Gasteiger partial charge in [0, 0.05) is 10.4 Å². The lowest BCUT2D eigenvalue weighted by atomic mass is 9.47. The van der Waals surface area contributed by atoms with Crippen LogP contribution in [0, 0.1) is 23.2 Å². The number of ether oxygens (including phenoxy) is 1. The Morgan fingerprint density at radius 2 is 1.68 bits per heavy atom. The fraction of sp³-hybridized carbons (Fsp3) is 0.750. The van der Waals surface area contributed by atoms with E-state index in [2.05, 4.69) is 12.2 Å². The first kappa shape index (κ1) is 20.7. The molecule has 3 N–H and O–H groups in total. The van der Waals surface area contributed by atoms with Gasteiger partial charge in [-0.15, -0.1) is 0 Å². The van der Waals surface area contributed by atoms with Gasteiger partial charge >= 0.3 is 0 Å². The van der Waals surface area contributed by atoms with E-state index in [1.54, 1.807) is 0 Å². The fourth-order valence-electron chi connectivity index (χ4n) is 6.96. The third-order valence-electron chi connectivity index (χ3n) is 7.88. The van der Waals surface area contributed by atoms with Gasteiger partial charge in [-0.05, 0) is 87.3 Å². The van der Waals surface area contributed by atoms with Crippen LogP contribution < -0.4 is 5.32 Å². The van der Waals surface area contributed by atoms with E-state index in [9.17, 15) is 5.11 Å². The summed E-state index contributed by atoms with van der Waals surface area (Å²) < 4.78 is 5.93. The Hall–Kier alpha value is -0.610. The molecule has 0 spiro atoms. The number of quaternary nitrogens is 1. The molecule has 0 unspecified atom stereocenters. The zero-order chi connectivity index (χ0) is 19.7. The molecule has 0 aromatic heterocycles. The SMILES string of the molecule is CC[C@H]([NH2+]C[C@@H](O)CO[C@@H](C)c1ccc(Cl)cc1)C12CC3CC(CC(C3)C1)C2. The number of hydrogen-bond donors (Lipinski definition) is 2. The van der Waals surface area contributed by atoms with Crippen molar-refractivity contribution >= 4 is 11.6 Å². The van der Waals surface area contributed by atoms with Crippen molar-refractivity contribution in [1.82, 2.24) is 0 Å². The van der Waals surface area contributed by atoms with Crippen LogP contribution in [0.15, 0.2) is 24.3 Å². The summed E-state index contributed by atoms with van der Waals surface area (Å²) in [4.78, 5) is 0. The molecule has 4 saturated carbocycles. The molecule has 4 heteroatoms. The quantitative estimate of drug-likeness (QED) is 0.640. The summed E-state index contributed by atoms with van der Waals surface area (Å²) in [5.41, 5.74) is 1.64. The van der Waals surface area contributed by atoms with Gasteiger partial charge in [0.05, 0.1) is 18.8 Å². The first-order valence-electron chi connectivity index (χ1n) is 11.4. The van der Waals surface area contributed by atoms with Gasteiger partial charge in [0.15, 0.2) is 0 Å². The Morgan fingerprint density at radius 1 is 1.11 bits per heavy atom. The highest BCUT2D eigenvalue weighted by molar-refractivity contribution is 6.30. The average Bonchev–Trinajstić information content (AvgIpc) is 2.66. The summed E-state index contributed by atoms with van der Waals surface area (Å²) in [5.74, 6) is 2.96. The summed E-state index contributed by atoms with van der Waals surface area (Å²) in [6.07, 6.45) is 9.56. The number of hydrogen-bond acceptors (Lipinski definition) is 2. The minimum Gasteiger partial charge on any atom is -0.385 e. The van der Waals surface area contributed by atoms with Gasteiger partial charge in [-0.25, -0.2) is 0 Å². The van der Waals surface area contributed by atoms with E-state index in [-0.39, 0.29) is 6.10 Å². The van der Waals surface area contributed by atoms with Crippen molar-refractivity contribution in [2.75, 3.05) is 13.2 Å². The van der Waals surface area contributed by atoms with E-state index >= 15 is 0 Å². The Bertz CT molecular complexity index is 611. The molecule has 0 heterocycles. The van der Waals surface area contributed by atoms with Crippen molar-refractivity contribution in [3.05, 3.63) is 34.9 Å². The molecular weight excluding hydrogens is 370 g/mol. The van der Waals surface area contributed by atoms with Crippen LogP contribution in [0.5, 0.6) is 0 Å². The lowest BCUT2D eigenvalue weighted by Gasteiger charge is -2.58. The Morgan fingerprint density at radius 3 is 2.21 bits per heavy atom. The molecule has 156 valence electrons. The van der Waals surface area contributed by atoms with E-state index in [1.807, 2.05) is 31.2 Å². The van der Waals surface area contributed by atoms with Gasteiger partial charge in [0.2, 0.25) is 0 Å². The molecule has 4 bridgehead atoms. The summed E-state index contributed by atoms with van der Waals surface area (Å²) in [6, 6.07) is 8.41. The van der Waals surface area contributed by atoms with Gasteiger partial charge < -0.3 is 15.2 Å². The standard InChI is InChI=1S/C24H36ClNO2/c1-3-23(24-11-17-8-18(12-24)10-19(9-17)13-24)26-14-22(27)15-28-16(2)20-4-6-21(25)7-5-20/h4-7,16-19,22-23,26-27H,3,8-15H2,1-2H3/p+1/t16-,17?,18?,19?,22+,23-,24?/m0/s1. The molecule has 0 saturated heterocycles. The number of aliphatic hydroxyl groups is 1. The Labute approximate surface area is 175 Å². The second-order valence-corrected chi connectivity index (χ2v) is 10.4. The summed E-state index contributed by atoms with van der Waals surface area (Å²) in [5, 5.41) is 13.7. The fourth-order valence-corrected chi connectivity index (χ4v) is 7.08. The number of benzene rings is 1. The second-order valence-electron chi connectivity index (χ2n) is 9.95. The molecule has 0 aliphatic heterocycles. The predicted molar refractivity (Wildman–Crippen MR) is 113 cm³/mol. The van der Waals surface area contributed by atoms with E-state index in [0.717, 1.165) is 34.9 Å². The molecule has 5 rings (SSSR count). The molecule has 28 heavy (non-hydrogen) atoms. The van der Waals surface area contributed by atoms with E-state index in [4.69, 9.17) is 16.3 Å². The zero-order valence-electron chi connectivity index (χ0n) is 17.4. The van der Waals surface area contributed by atoms with Gasteiger partial charge in [-0.1, -0.05) is 30.7 Å². The largest absolute Gasteiger partial charge is 0.385 e. The third kappa shape index (κ3) is 4.43. The molecule has 4 fully saturated rings. The van der Waals surface area contributed by atoms with E-state index in [1.165, 1.54) is 44.9 Å². The van der Waals surface area contributed by atoms with Gasteiger partial charge in [-0.2, -0.15) is 0 Å². The number of aliphatic hydroxyl groups excluding tert-OH is 1. The smallest absolute Gasteiger partial charge is 0.126 e. The minimum atomic E-state index is -0.419. The maximum atomic E-state index is 10.5. The lowest BCUT2D eigenvalue weighted by Crippen LogP contribution is -2.95. The highest BCUT2D eigenvalue weighted by Crippen LogP contribution is 2.61. The maximum absolute atomic E-state index is 10.5. The van der Waals surface area contributed by atoms with Crippen LogP contribution in [-0.4, -0.2) is 30.4 Å². The van der Waals surface area contributed by atoms with Crippen molar-refractivity contribution < 1.29 is 15.2 Å². The van der Waals surface area contributed by atoms with Gasteiger partial charge in [0.25, 0.3) is 0 Å². The van der Waals surface area contributed by atoms with E-state index in [0.29, 0.717) is 18.1 Å². The topological polar surface area (TPSA) is 46.1 Å². The molecule has 4 aliphatic rings. The van der Waals surface area contributed by atoms with E-state index < -0.39 is 6.10 Å². The van der Waals surface area contributed by atoms with Crippen LogP contribution in [0.1, 0.15) is 70.5 Å². The van der Waals surface area contributed by atoms with Crippen molar-refractivity contribution in [2.24, 2.45) is 23.2 Å². The van der Waals surface area contributed by atoms with Crippen LogP contribution in [0.3, 0.4) is 0 Å². The summed E-state index contributed by atoms with van der Waals surface area (Å²) in [6.45, 7) is 5.50. The molecular formula is C24H37ClNO2+. The first-order chi connectivity index (χ1) is 13.5. The van der Waals surface area contributed by atoms with Crippen molar-refractivity contribution in [3.8, 4) is 0 Å². The molecule has 3 nitrogen and oxygen atoms in total. The molecule has 4 aliphatic carbocycles. The van der Waals surface area contributed by atoms with Crippen molar-refractivity contribution in [2.45, 2.75) is 77.0 Å². The monoisotopic (exact) mass is 406 g/mol. The number of halogens is 1. The summed E-state index contributed by atoms with van der Waals surface area (Å²) in [7, 11) is 0. The highest BCUT2D eigenvalue weighted by atomic mass is 35.5. The van der Waals surface area contributed by atoms with Crippen LogP contribution in [0.4, 0.5) is 0 Å². The number of nitrogens with two attached hydrogens (primary N) is 1. The van der Waals surface area contributed by atoms with Crippen LogP contribution in [0.25, 0.3) is 0 Å². The van der Waals surface area contributed by atoms with Crippen molar-refractivity contribution in [1.29, 1.82) is 0 Å². The molecule has 0 radical (unpaired) electrons. The van der Waals surface area contributed by atoms with Crippen LogP contribution >= 0.6 is 11.6 Å². The maximum Gasteiger partial charge on any atom is 0.126 e. The number of rotatable bonds is 9. The van der Waals surface area contributed by atoms with Gasteiger partial charge in [0.1, 0.15) is 12.6 Å². The van der Waals surface area contributed by atoms with Crippen LogP contribution in [-0.2, 0) is 4.74 Å². The Kier molecular flexibility index (Phi) is 6.37. The van der Waals surface area contributed by atoms with Gasteiger partial charge in [-0.3, -0.25) is 0 Å². The first-order valence-corrected chi connectivity index (χ1v) is 11.7. The predicted octanol–water partition coefficient (Wildman–Crippen LogP) is 4.34. The zero-order valence-corrected chi connectivity index (χ0v) is 18.2. The minimum absolute atomic E-state index is 0.0305. The average molecular weight is 407 g/mol. The summed E-state index contributed by atoms with van der Waals surface area (Å²) >= 11 is 5.96. The normalized spacial score (nSPS) is 34.4. The van der Waals surface area contributed by atoms with Crippen LogP contribution in [0.2, 0.25) is 5.02 Å². The Balaban J connectivity index is 1.26. The second kappa shape index (κ2) is 8.63. The molecule has 0 amide bonds. The molecule has 1 aromatic carbocycles. The van der Waals surface area contributed by atoms with Crippen molar-refractivity contribution in [3.63, 3.8) is 0 Å².